The fourth-order valence-electron chi connectivity index (χ4n) is 2.07. The second-order valence-electron chi connectivity index (χ2n) is 6.42. The first-order valence-electron chi connectivity index (χ1n) is 7.50. The van der Waals surface area contributed by atoms with Crippen LogP contribution in [0.15, 0.2) is 46.9 Å². The number of hydrogen-bond acceptors (Lipinski definition) is 2. The van der Waals surface area contributed by atoms with Crippen molar-refractivity contribution in [3.8, 4) is 6.07 Å². The van der Waals surface area contributed by atoms with E-state index in [9.17, 15) is 8.60 Å². The number of rotatable bonds is 3. The average molecular weight is 342 g/mol. The van der Waals surface area contributed by atoms with E-state index in [0.29, 0.717) is 11.3 Å². The Labute approximate surface area is 144 Å². The largest absolute Gasteiger partial charge is 0.234 e. The molecule has 2 aromatic rings. The number of halogens is 1. The summed E-state index contributed by atoms with van der Waals surface area (Å²) in [5.41, 5.74) is 2.68. The van der Waals surface area contributed by atoms with Crippen LogP contribution in [0.5, 0.6) is 0 Å². The molecule has 0 unspecified atom stereocenters. The molecule has 0 aliphatic rings. The SMILES string of the molecule is Cc1ccccc1/C(=N\[S@](=O)C(C)(C)C)c1ccc(C#N)c(F)c1. The zero-order chi connectivity index (χ0) is 17.9. The van der Waals surface area contributed by atoms with Gasteiger partial charge in [0.1, 0.15) is 22.9 Å². The summed E-state index contributed by atoms with van der Waals surface area (Å²) >= 11 is 0. The number of benzene rings is 2. The summed E-state index contributed by atoms with van der Waals surface area (Å²) in [6.45, 7) is 7.43. The molecule has 0 bridgehead atoms. The van der Waals surface area contributed by atoms with Crippen LogP contribution in [-0.4, -0.2) is 14.7 Å². The summed E-state index contributed by atoms with van der Waals surface area (Å²) in [6.07, 6.45) is 0. The lowest BCUT2D eigenvalue weighted by atomic mass is 9.97. The average Bonchev–Trinajstić information content (AvgIpc) is 2.52. The fourth-order valence-corrected chi connectivity index (χ4v) is 2.71. The maximum atomic E-state index is 14.0. The van der Waals surface area contributed by atoms with Crippen molar-refractivity contribution in [2.45, 2.75) is 32.4 Å². The van der Waals surface area contributed by atoms with Crippen molar-refractivity contribution in [1.29, 1.82) is 5.26 Å². The highest BCUT2D eigenvalue weighted by atomic mass is 32.2. The standard InChI is InChI=1S/C19H19FN2OS/c1-13-7-5-6-8-16(13)18(22-24(23)19(2,3)4)14-9-10-15(12-21)17(20)11-14/h5-11H,1-4H3/b22-18-/t24-/m1/s1. The summed E-state index contributed by atoms with van der Waals surface area (Å²) in [5, 5.41) is 8.89. The molecule has 0 fully saturated rings. The lowest BCUT2D eigenvalue weighted by Crippen LogP contribution is -2.21. The van der Waals surface area contributed by atoms with Crippen molar-refractivity contribution < 1.29 is 8.60 Å². The maximum Gasteiger partial charge on any atom is 0.145 e. The van der Waals surface area contributed by atoms with Gasteiger partial charge >= 0.3 is 0 Å². The Balaban J connectivity index is 2.67. The van der Waals surface area contributed by atoms with Crippen molar-refractivity contribution in [2.75, 3.05) is 0 Å². The van der Waals surface area contributed by atoms with E-state index in [-0.39, 0.29) is 5.56 Å². The molecule has 124 valence electrons. The molecule has 0 aliphatic carbocycles. The lowest BCUT2D eigenvalue weighted by molar-refractivity contribution is 0.623. The minimum Gasteiger partial charge on any atom is -0.234 e. The zero-order valence-corrected chi connectivity index (χ0v) is 14.9. The van der Waals surface area contributed by atoms with Crippen LogP contribution in [0.4, 0.5) is 4.39 Å². The van der Waals surface area contributed by atoms with Gasteiger partial charge in [-0.1, -0.05) is 30.3 Å². The van der Waals surface area contributed by atoms with Gasteiger partial charge in [-0.05, 0) is 45.4 Å². The molecule has 24 heavy (non-hydrogen) atoms. The van der Waals surface area contributed by atoms with Crippen LogP contribution in [0.2, 0.25) is 0 Å². The Bertz CT molecular complexity index is 860. The Morgan fingerprint density at radius 2 is 1.88 bits per heavy atom. The third-order valence-electron chi connectivity index (χ3n) is 3.46. The third-order valence-corrected chi connectivity index (χ3v) is 4.86. The van der Waals surface area contributed by atoms with Crippen molar-refractivity contribution >= 4 is 16.7 Å². The van der Waals surface area contributed by atoms with E-state index in [1.165, 1.54) is 12.1 Å². The Morgan fingerprint density at radius 1 is 1.21 bits per heavy atom. The summed E-state index contributed by atoms with van der Waals surface area (Å²) in [4.78, 5) is 0. The molecule has 0 saturated carbocycles. The summed E-state index contributed by atoms with van der Waals surface area (Å²) in [7, 11) is -1.49. The lowest BCUT2D eigenvalue weighted by Gasteiger charge is -2.16. The highest BCUT2D eigenvalue weighted by molar-refractivity contribution is 7.85. The van der Waals surface area contributed by atoms with Gasteiger partial charge in [-0.15, -0.1) is 0 Å². The molecule has 0 aromatic heterocycles. The number of hydrogen-bond donors (Lipinski definition) is 0. The second-order valence-corrected chi connectivity index (χ2v) is 8.33. The van der Waals surface area contributed by atoms with E-state index in [2.05, 4.69) is 4.40 Å². The molecule has 2 aromatic carbocycles. The molecule has 0 saturated heterocycles. The van der Waals surface area contributed by atoms with Gasteiger partial charge in [0.2, 0.25) is 0 Å². The molecular formula is C19H19FN2OS. The fraction of sp³-hybridized carbons (Fsp3) is 0.263. The topological polar surface area (TPSA) is 53.2 Å². The Morgan fingerprint density at radius 3 is 2.42 bits per heavy atom. The van der Waals surface area contributed by atoms with Crippen LogP contribution in [0, 0.1) is 24.1 Å². The Kier molecular flexibility index (Phi) is 5.30. The van der Waals surface area contributed by atoms with E-state index in [0.717, 1.165) is 11.1 Å². The van der Waals surface area contributed by atoms with Gasteiger partial charge in [0.15, 0.2) is 0 Å². The molecule has 0 heterocycles. The van der Waals surface area contributed by atoms with E-state index in [1.54, 1.807) is 12.1 Å². The Hall–Kier alpha value is -2.32. The van der Waals surface area contributed by atoms with Crippen LogP contribution in [0.3, 0.4) is 0 Å². The monoisotopic (exact) mass is 342 g/mol. The van der Waals surface area contributed by atoms with Crippen molar-refractivity contribution in [1.82, 2.24) is 0 Å². The van der Waals surface area contributed by atoms with Gasteiger partial charge in [-0.2, -0.15) is 9.66 Å². The minimum absolute atomic E-state index is 0.0279. The molecule has 0 aliphatic heterocycles. The van der Waals surface area contributed by atoms with E-state index in [1.807, 2.05) is 52.0 Å². The normalized spacial score (nSPS) is 13.4. The van der Waals surface area contributed by atoms with Gasteiger partial charge in [-0.25, -0.2) is 8.60 Å². The zero-order valence-electron chi connectivity index (χ0n) is 14.1. The predicted molar refractivity (Wildman–Crippen MR) is 95.8 cm³/mol. The number of nitriles is 1. The van der Waals surface area contributed by atoms with Gasteiger partial charge in [-0.3, -0.25) is 0 Å². The molecule has 0 spiro atoms. The van der Waals surface area contributed by atoms with Crippen LogP contribution < -0.4 is 0 Å². The molecule has 0 amide bonds. The van der Waals surface area contributed by atoms with Crippen molar-refractivity contribution in [2.24, 2.45) is 4.40 Å². The summed E-state index contributed by atoms with van der Waals surface area (Å²) in [6, 6.07) is 13.7. The second kappa shape index (κ2) is 7.06. The smallest absolute Gasteiger partial charge is 0.145 e. The van der Waals surface area contributed by atoms with Crippen molar-refractivity contribution in [3.05, 3.63) is 70.5 Å². The van der Waals surface area contributed by atoms with Gasteiger partial charge in [0.25, 0.3) is 0 Å². The first kappa shape index (κ1) is 18.0. The van der Waals surface area contributed by atoms with E-state index >= 15 is 0 Å². The van der Waals surface area contributed by atoms with Gasteiger partial charge in [0.05, 0.1) is 16.0 Å². The molecule has 2 rings (SSSR count). The quantitative estimate of drug-likeness (QED) is 0.781. The molecule has 5 heteroatoms. The highest BCUT2D eigenvalue weighted by Crippen LogP contribution is 2.21. The molecule has 3 nitrogen and oxygen atoms in total. The summed E-state index contributed by atoms with van der Waals surface area (Å²) in [5.74, 6) is -0.613. The van der Waals surface area contributed by atoms with Gasteiger partial charge in [0, 0.05) is 11.1 Å². The van der Waals surface area contributed by atoms with Crippen LogP contribution >= 0.6 is 0 Å². The van der Waals surface area contributed by atoms with E-state index in [4.69, 9.17) is 5.26 Å². The van der Waals surface area contributed by atoms with Crippen molar-refractivity contribution in [3.63, 3.8) is 0 Å². The molecule has 1 atom stereocenters. The van der Waals surface area contributed by atoms with Crippen LogP contribution in [0.1, 0.15) is 43.0 Å². The predicted octanol–water partition coefficient (Wildman–Crippen LogP) is 4.31. The highest BCUT2D eigenvalue weighted by Gasteiger charge is 2.21. The first-order chi connectivity index (χ1) is 11.2. The molecular weight excluding hydrogens is 323 g/mol. The van der Waals surface area contributed by atoms with Crippen LogP contribution in [0.25, 0.3) is 0 Å². The number of nitrogens with zero attached hydrogens (tertiary/aromatic N) is 2. The molecule has 0 N–H and O–H groups in total. The first-order valence-corrected chi connectivity index (χ1v) is 8.61. The van der Waals surface area contributed by atoms with Crippen LogP contribution in [-0.2, 0) is 11.0 Å². The minimum atomic E-state index is -1.49. The van der Waals surface area contributed by atoms with Gasteiger partial charge < -0.3 is 0 Å². The van der Waals surface area contributed by atoms with E-state index < -0.39 is 21.5 Å². The number of aryl methyl sites for hydroxylation is 1. The molecule has 0 radical (unpaired) electrons. The third kappa shape index (κ3) is 3.95. The maximum absolute atomic E-state index is 14.0. The summed E-state index contributed by atoms with van der Waals surface area (Å²) < 4.78 is 30.4.